The highest BCUT2D eigenvalue weighted by Gasteiger charge is 2.15. The van der Waals surface area contributed by atoms with E-state index in [0.29, 0.717) is 12.1 Å². The number of carbonyl (C=O) groups excluding carboxylic acids is 1. The van der Waals surface area contributed by atoms with Crippen LogP contribution in [0.15, 0.2) is 30.7 Å². The first-order valence-electron chi connectivity index (χ1n) is 7.17. The first-order chi connectivity index (χ1) is 10.9. The third-order valence-corrected chi connectivity index (χ3v) is 3.58. The second kappa shape index (κ2) is 7.04. The fourth-order valence-electron chi connectivity index (χ4n) is 2.25. The van der Waals surface area contributed by atoms with E-state index >= 15 is 0 Å². The summed E-state index contributed by atoms with van der Waals surface area (Å²) in [7, 11) is 1.66. The van der Waals surface area contributed by atoms with Crippen LogP contribution in [0.2, 0.25) is 0 Å². The summed E-state index contributed by atoms with van der Waals surface area (Å²) < 4.78 is 15.6. The van der Waals surface area contributed by atoms with Crippen LogP contribution in [-0.2, 0) is 24.3 Å². The Kier molecular flexibility index (Phi) is 5.10. The molecule has 23 heavy (non-hydrogen) atoms. The Morgan fingerprint density at radius 3 is 2.74 bits per heavy atom. The predicted octanol–water partition coefficient (Wildman–Crippen LogP) is 1.94. The number of halogens is 1. The van der Waals surface area contributed by atoms with E-state index in [4.69, 9.17) is 5.11 Å². The molecule has 0 aliphatic carbocycles. The lowest BCUT2D eigenvalue weighted by atomic mass is 10.1. The summed E-state index contributed by atoms with van der Waals surface area (Å²) in [5.41, 5.74) is 0.950. The van der Waals surface area contributed by atoms with Crippen LogP contribution < -0.4 is 0 Å². The average Bonchev–Trinajstić information content (AvgIpc) is 2.94. The summed E-state index contributed by atoms with van der Waals surface area (Å²) in [4.78, 5) is 28.6. The van der Waals surface area contributed by atoms with Crippen molar-refractivity contribution in [1.82, 2.24) is 14.5 Å². The lowest BCUT2D eigenvalue weighted by Crippen LogP contribution is -2.28. The Hall–Kier alpha value is -2.70. The monoisotopic (exact) mass is 319 g/mol. The van der Waals surface area contributed by atoms with Gasteiger partial charge in [-0.25, -0.2) is 14.2 Å². The van der Waals surface area contributed by atoms with Crippen molar-refractivity contribution in [3.05, 3.63) is 53.4 Å². The average molecular weight is 319 g/mol. The maximum absolute atomic E-state index is 13.6. The number of aryl methyl sites for hydroxylation is 1. The molecular formula is C16H18FN3O3. The summed E-state index contributed by atoms with van der Waals surface area (Å²) >= 11 is 0. The molecule has 122 valence electrons. The van der Waals surface area contributed by atoms with Gasteiger partial charge in [-0.3, -0.25) is 4.79 Å². The Labute approximate surface area is 133 Å². The number of hydrogen-bond donors (Lipinski definition) is 1. The van der Waals surface area contributed by atoms with E-state index in [1.165, 1.54) is 17.0 Å². The molecule has 1 amide bonds. The number of aromatic carboxylic acids is 1. The van der Waals surface area contributed by atoms with Gasteiger partial charge in [0.05, 0.1) is 30.6 Å². The zero-order valence-corrected chi connectivity index (χ0v) is 13.0. The zero-order valence-electron chi connectivity index (χ0n) is 13.0. The van der Waals surface area contributed by atoms with Crippen LogP contribution in [0.3, 0.4) is 0 Å². The van der Waals surface area contributed by atoms with Crippen LogP contribution in [0.4, 0.5) is 4.39 Å². The molecule has 1 aromatic heterocycles. The number of nitrogens with zero attached hydrogens (tertiary/aromatic N) is 3. The van der Waals surface area contributed by atoms with Crippen molar-refractivity contribution < 1.29 is 19.1 Å². The standard InChI is InChI=1S/C16H18FN3O3/c1-3-20-10-18-8-12(20)9-19(2)15(21)7-11-4-5-13(16(22)23)14(17)6-11/h4-6,8,10H,3,7,9H2,1-2H3,(H,22,23). The van der Waals surface area contributed by atoms with Gasteiger partial charge in [0.1, 0.15) is 5.82 Å². The molecular weight excluding hydrogens is 301 g/mol. The number of rotatable bonds is 6. The fraction of sp³-hybridized carbons (Fsp3) is 0.312. The van der Waals surface area contributed by atoms with Crippen LogP contribution in [0.1, 0.15) is 28.5 Å². The Morgan fingerprint density at radius 2 is 2.13 bits per heavy atom. The fourth-order valence-corrected chi connectivity index (χ4v) is 2.25. The molecule has 2 aromatic rings. The minimum atomic E-state index is -1.33. The number of imidazole rings is 1. The second-order valence-corrected chi connectivity index (χ2v) is 5.22. The van der Waals surface area contributed by atoms with Crippen LogP contribution in [-0.4, -0.2) is 38.5 Å². The van der Waals surface area contributed by atoms with Crippen molar-refractivity contribution in [3.8, 4) is 0 Å². The first-order valence-corrected chi connectivity index (χ1v) is 7.17. The SMILES string of the molecule is CCn1cncc1CN(C)C(=O)Cc1ccc(C(=O)O)c(F)c1. The van der Waals surface area contributed by atoms with Crippen LogP contribution in [0.25, 0.3) is 0 Å². The summed E-state index contributed by atoms with van der Waals surface area (Å²) in [6.07, 6.45) is 3.41. The van der Waals surface area contributed by atoms with Gasteiger partial charge in [0.25, 0.3) is 0 Å². The summed E-state index contributed by atoms with van der Waals surface area (Å²) in [6, 6.07) is 3.71. The number of hydrogen-bond acceptors (Lipinski definition) is 3. The predicted molar refractivity (Wildman–Crippen MR) is 81.4 cm³/mol. The normalized spacial score (nSPS) is 10.6. The quantitative estimate of drug-likeness (QED) is 0.883. The third-order valence-electron chi connectivity index (χ3n) is 3.58. The topological polar surface area (TPSA) is 75.4 Å². The zero-order chi connectivity index (χ0) is 17.0. The van der Waals surface area contributed by atoms with Gasteiger partial charge < -0.3 is 14.6 Å². The van der Waals surface area contributed by atoms with Gasteiger partial charge in [-0.2, -0.15) is 0 Å². The molecule has 0 fully saturated rings. The number of amides is 1. The Bertz CT molecular complexity index is 727. The molecule has 6 nitrogen and oxygen atoms in total. The third kappa shape index (κ3) is 3.94. The van der Waals surface area contributed by atoms with E-state index in [0.717, 1.165) is 18.3 Å². The molecule has 0 saturated carbocycles. The molecule has 2 rings (SSSR count). The van der Waals surface area contributed by atoms with E-state index in [1.54, 1.807) is 19.6 Å². The van der Waals surface area contributed by atoms with Crippen molar-refractivity contribution in [3.63, 3.8) is 0 Å². The lowest BCUT2D eigenvalue weighted by molar-refractivity contribution is -0.129. The number of carbonyl (C=O) groups is 2. The number of carboxylic acids is 1. The molecule has 0 aliphatic heterocycles. The second-order valence-electron chi connectivity index (χ2n) is 5.22. The smallest absolute Gasteiger partial charge is 0.338 e. The Morgan fingerprint density at radius 1 is 1.39 bits per heavy atom. The molecule has 1 heterocycles. The minimum absolute atomic E-state index is 0.00752. The largest absolute Gasteiger partial charge is 0.478 e. The van der Waals surface area contributed by atoms with E-state index in [-0.39, 0.29) is 12.3 Å². The van der Waals surface area contributed by atoms with Gasteiger partial charge in [0.2, 0.25) is 5.91 Å². The Balaban J connectivity index is 2.04. The number of benzene rings is 1. The van der Waals surface area contributed by atoms with E-state index in [1.807, 2.05) is 11.5 Å². The summed E-state index contributed by atoms with van der Waals surface area (Å²) in [6.45, 7) is 3.15. The van der Waals surface area contributed by atoms with Gasteiger partial charge in [-0.15, -0.1) is 0 Å². The molecule has 0 aliphatic rings. The first kappa shape index (κ1) is 16.7. The van der Waals surface area contributed by atoms with Crippen molar-refractivity contribution in [2.24, 2.45) is 0 Å². The highest BCUT2D eigenvalue weighted by atomic mass is 19.1. The molecule has 1 N–H and O–H groups in total. The summed E-state index contributed by atoms with van der Waals surface area (Å²) in [5.74, 6) is -2.35. The van der Waals surface area contributed by atoms with Crippen LogP contribution in [0, 0.1) is 5.82 Å². The number of likely N-dealkylation sites (N-methyl/N-ethyl adjacent to an activating group) is 1. The van der Waals surface area contributed by atoms with Crippen molar-refractivity contribution >= 4 is 11.9 Å². The van der Waals surface area contributed by atoms with Crippen LogP contribution in [0.5, 0.6) is 0 Å². The molecule has 0 spiro atoms. The molecule has 0 saturated heterocycles. The van der Waals surface area contributed by atoms with E-state index < -0.39 is 17.3 Å². The molecule has 0 atom stereocenters. The minimum Gasteiger partial charge on any atom is -0.478 e. The van der Waals surface area contributed by atoms with E-state index in [9.17, 15) is 14.0 Å². The van der Waals surface area contributed by atoms with Gasteiger partial charge in [-0.1, -0.05) is 6.07 Å². The maximum Gasteiger partial charge on any atom is 0.338 e. The number of carboxylic acid groups (broad SMARTS) is 1. The molecule has 0 unspecified atom stereocenters. The van der Waals surface area contributed by atoms with Crippen LogP contribution >= 0.6 is 0 Å². The van der Waals surface area contributed by atoms with E-state index in [2.05, 4.69) is 4.98 Å². The molecule has 0 bridgehead atoms. The van der Waals surface area contributed by atoms with Crippen molar-refractivity contribution in [1.29, 1.82) is 0 Å². The highest BCUT2D eigenvalue weighted by molar-refractivity contribution is 5.88. The van der Waals surface area contributed by atoms with Gasteiger partial charge in [0.15, 0.2) is 0 Å². The molecule has 0 radical (unpaired) electrons. The highest BCUT2D eigenvalue weighted by Crippen LogP contribution is 2.12. The van der Waals surface area contributed by atoms with Gasteiger partial charge in [0, 0.05) is 19.8 Å². The lowest BCUT2D eigenvalue weighted by Gasteiger charge is -2.18. The number of aromatic nitrogens is 2. The maximum atomic E-state index is 13.6. The van der Waals surface area contributed by atoms with Gasteiger partial charge in [-0.05, 0) is 24.6 Å². The van der Waals surface area contributed by atoms with Gasteiger partial charge >= 0.3 is 5.97 Å². The van der Waals surface area contributed by atoms with Crippen molar-refractivity contribution in [2.45, 2.75) is 26.4 Å². The van der Waals surface area contributed by atoms with Crippen molar-refractivity contribution in [2.75, 3.05) is 7.05 Å². The molecule has 7 heteroatoms. The summed E-state index contributed by atoms with van der Waals surface area (Å²) in [5, 5.41) is 8.80. The molecule has 1 aromatic carbocycles.